The Morgan fingerprint density at radius 2 is 1.81 bits per heavy atom. The van der Waals surface area contributed by atoms with Gasteiger partial charge in [-0.1, -0.05) is 12.8 Å². The number of sulfonamides is 1. The van der Waals surface area contributed by atoms with Crippen molar-refractivity contribution < 1.29 is 13.2 Å². The van der Waals surface area contributed by atoms with Gasteiger partial charge in [0.05, 0.1) is 16.3 Å². The molecule has 114 valence electrons. The standard InChI is InChI=1S/C14H18N2O3S2/c17-14-10-20-13-6-5-11(9-12(13)15-14)21(18,19)16-7-3-1-2-4-8-16/h5-6,9H,1-4,7-8,10H2,(H,15,17). The number of hydrogen-bond donors (Lipinski definition) is 1. The highest BCUT2D eigenvalue weighted by atomic mass is 32.2. The summed E-state index contributed by atoms with van der Waals surface area (Å²) in [7, 11) is -3.46. The lowest BCUT2D eigenvalue weighted by Crippen LogP contribution is -2.32. The molecule has 0 atom stereocenters. The summed E-state index contributed by atoms with van der Waals surface area (Å²) in [5.41, 5.74) is 0.604. The molecular formula is C14H18N2O3S2. The van der Waals surface area contributed by atoms with Crippen molar-refractivity contribution in [3.63, 3.8) is 0 Å². The van der Waals surface area contributed by atoms with Crippen molar-refractivity contribution in [2.75, 3.05) is 24.2 Å². The van der Waals surface area contributed by atoms with Crippen LogP contribution in [0.25, 0.3) is 0 Å². The fourth-order valence-electron chi connectivity index (χ4n) is 2.65. The van der Waals surface area contributed by atoms with Gasteiger partial charge in [0.15, 0.2) is 0 Å². The summed E-state index contributed by atoms with van der Waals surface area (Å²) in [6.45, 7) is 1.17. The second-order valence-electron chi connectivity index (χ2n) is 5.31. The van der Waals surface area contributed by atoms with E-state index in [1.165, 1.54) is 11.8 Å². The van der Waals surface area contributed by atoms with E-state index in [0.717, 1.165) is 30.6 Å². The van der Waals surface area contributed by atoms with Gasteiger partial charge in [-0.2, -0.15) is 4.31 Å². The molecule has 2 aliphatic heterocycles. The van der Waals surface area contributed by atoms with Gasteiger partial charge in [-0.05, 0) is 31.0 Å². The first kappa shape index (κ1) is 14.9. The van der Waals surface area contributed by atoms with E-state index in [2.05, 4.69) is 5.32 Å². The van der Waals surface area contributed by atoms with Crippen LogP contribution >= 0.6 is 11.8 Å². The molecule has 0 unspecified atom stereocenters. The number of nitrogens with one attached hydrogen (secondary N) is 1. The first-order valence-corrected chi connectivity index (χ1v) is 9.57. The van der Waals surface area contributed by atoms with Crippen LogP contribution in [0.1, 0.15) is 25.7 Å². The van der Waals surface area contributed by atoms with Crippen molar-refractivity contribution in [2.45, 2.75) is 35.5 Å². The summed E-state index contributed by atoms with van der Waals surface area (Å²) < 4.78 is 27.0. The number of amides is 1. The van der Waals surface area contributed by atoms with E-state index in [1.54, 1.807) is 22.5 Å². The molecule has 0 bridgehead atoms. The molecule has 0 aromatic heterocycles. The molecule has 1 fully saturated rings. The molecule has 1 aromatic rings. The fourth-order valence-corrected chi connectivity index (χ4v) is 4.99. The van der Waals surface area contributed by atoms with E-state index in [-0.39, 0.29) is 10.8 Å². The van der Waals surface area contributed by atoms with Crippen LogP contribution < -0.4 is 5.32 Å². The maximum absolute atomic E-state index is 12.7. The third kappa shape index (κ3) is 3.09. The maximum atomic E-state index is 12.7. The first-order chi connectivity index (χ1) is 10.1. The van der Waals surface area contributed by atoms with Crippen molar-refractivity contribution in [2.24, 2.45) is 0 Å². The van der Waals surface area contributed by atoms with Gasteiger partial charge in [0.1, 0.15) is 0 Å². The SMILES string of the molecule is O=C1CSc2ccc(S(=O)(=O)N3CCCCCC3)cc2N1. The van der Waals surface area contributed by atoms with Gasteiger partial charge >= 0.3 is 0 Å². The minimum absolute atomic E-state index is 0.0863. The molecule has 1 amide bonds. The van der Waals surface area contributed by atoms with E-state index in [0.29, 0.717) is 24.5 Å². The summed E-state index contributed by atoms with van der Waals surface area (Å²) in [5.74, 6) is 0.294. The Bertz CT molecular complexity index is 650. The number of carbonyl (C=O) groups excluding carboxylic acids is 1. The average Bonchev–Trinajstić information content (AvgIpc) is 2.76. The summed E-state index contributed by atoms with van der Waals surface area (Å²) in [4.78, 5) is 12.6. The number of thioether (sulfide) groups is 1. The predicted octanol–water partition coefficient (Wildman–Crippen LogP) is 2.30. The van der Waals surface area contributed by atoms with Gasteiger partial charge < -0.3 is 5.32 Å². The van der Waals surface area contributed by atoms with Crippen molar-refractivity contribution in [1.29, 1.82) is 0 Å². The highest BCUT2D eigenvalue weighted by molar-refractivity contribution is 8.00. The highest BCUT2D eigenvalue weighted by Crippen LogP contribution is 2.34. The fraction of sp³-hybridized carbons (Fsp3) is 0.500. The Balaban J connectivity index is 1.91. The quantitative estimate of drug-likeness (QED) is 0.905. The van der Waals surface area contributed by atoms with Crippen LogP contribution in [0.15, 0.2) is 28.0 Å². The molecule has 0 radical (unpaired) electrons. The Morgan fingerprint density at radius 1 is 1.10 bits per heavy atom. The predicted molar refractivity (Wildman–Crippen MR) is 83.0 cm³/mol. The van der Waals surface area contributed by atoms with Crippen molar-refractivity contribution in [1.82, 2.24) is 4.31 Å². The summed E-state index contributed by atoms with van der Waals surface area (Å²) in [5, 5.41) is 2.74. The Morgan fingerprint density at radius 3 is 2.52 bits per heavy atom. The zero-order chi connectivity index (χ0) is 14.9. The second-order valence-corrected chi connectivity index (χ2v) is 8.27. The summed E-state index contributed by atoms with van der Waals surface area (Å²) >= 11 is 1.43. The molecule has 7 heteroatoms. The average molecular weight is 326 g/mol. The van der Waals surface area contributed by atoms with Gasteiger partial charge in [-0.3, -0.25) is 4.79 Å². The third-order valence-electron chi connectivity index (χ3n) is 3.79. The zero-order valence-electron chi connectivity index (χ0n) is 11.7. The lowest BCUT2D eigenvalue weighted by Gasteiger charge is -2.22. The van der Waals surface area contributed by atoms with Gasteiger partial charge in [0, 0.05) is 18.0 Å². The number of fused-ring (bicyclic) bond motifs is 1. The smallest absolute Gasteiger partial charge is 0.243 e. The molecule has 2 aliphatic rings. The van der Waals surface area contributed by atoms with Gasteiger partial charge in [0.25, 0.3) is 0 Å². The van der Waals surface area contributed by atoms with E-state index in [1.807, 2.05) is 0 Å². The van der Waals surface area contributed by atoms with E-state index in [9.17, 15) is 13.2 Å². The Kier molecular flexibility index (Phi) is 4.24. The van der Waals surface area contributed by atoms with Crippen LogP contribution in [0, 0.1) is 0 Å². The second kappa shape index (κ2) is 5.98. The van der Waals surface area contributed by atoms with Crippen molar-refractivity contribution in [3.8, 4) is 0 Å². The van der Waals surface area contributed by atoms with Crippen LogP contribution in [0.2, 0.25) is 0 Å². The molecule has 5 nitrogen and oxygen atoms in total. The lowest BCUT2D eigenvalue weighted by atomic mass is 10.2. The molecule has 1 aromatic carbocycles. The van der Waals surface area contributed by atoms with Gasteiger partial charge in [0.2, 0.25) is 15.9 Å². The summed E-state index contributed by atoms with van der Waals surface area (Å²) in [6.07, 6.45) is 4.00. The van der Waals surface area contributed by atoms with Gasteiger partial charge in [-0.15, -0.1) is 11.8 Å². The molecular weight excluding hydrogens is 308 g/mol. The number of hydrogen-bond acceptors (Lipinski definition) is 4. The Hall–Kier alpha value is -1.05. The Labute approximate surface area is 129 Å². The number of nitrogens with zero attached hydrogens (tertiary/aromatic N) is 1. The normalized spacial score (nSPS) is 20.5. The van der Waals surface area contributed by atoms with E-state index < -0.39 is 10.0 Å². The molecule has 3 rings (SSSR count). The zero-order valence-corrected chi connectivity index (χ0v) is 13.3. The maximum Gasteiger partial charge on any atom is 0.243 e. The minimum atomic E-state index is -3.46. The largest absolute Gasteiger partial charge is 0.324 e. The molecule has 2 heterocycles. The molecule has 21 heavy (non-hydrogen) atoms. The van der Waals surface area contributed by atoms with Crippen molar-refractivity contribution in [3.05, 3.63) is 18.2 Å². The lowest BCUT2D eigenvalue weighted by molar-refractivity contribution is -0.113. The summed E-state index contributed by atoms with van der Waals surface area (Å²) in [6, 6.07) is 5.01. The van der Waals surface area contributed by atoms with Crippen LogP contribution in [0.5, 0.6) is 0 Å². The highest BCUT2D eigenvalue weighted by Gasteiger charge is 2.26. The molecule has 0 saturated carbocycles. The topological polar surface area (TPSA) is 66.5 Å². The number of carbonyl (C=O) groups is 1. The van der Waals surface area contributed by atoms with Crippen molar-refractivity contribution >= 4 is 33.4 Å². The molecule has 0 spiro atoms. The minimum Gasteiger partial charge on any atom is -0.324 e. The third-order valence-corrected chi connectivity index (χ3v) is 6.75. The van der Waals surface area contributed by atoms with Crippen LogP contribution in [-0.4, -0.2) is 37.5 Å². The molecule has 1 N–H and O–H groups in total. The van der Waals surface area contributed by atoms with E-state index >= 15 is 0 Å². The molecule has 1 saturated heterocycles. The first-order valence-electron chi connectivity index (χ1n) is 7.14. The monoisotopic (exact) mass is 326 g/mol. The number of anilines is 1. The van der Waals surface area contributed by atoms with Crippen LogP contribution in [-0.2, 0) is 14.8 Å². The van der Waals surface area contributed by atoms with E-state index in [4.69, 9.17) is 0 Å². The number of benzene rings is 1. The van der Waals surface area contributed by atoms with Crippen LogP contribution in [0.4, 0.5) is 5.69 Å². The van der Waals surface area contributed by atoms with Crippen LogP contribution in [0.3, 0.4) is 0 Å². The molecule has 0 aliphatic carbocycles. The van der Waals surface area contributed by atoms with Gasteiger partial charge in [-0.25, -0.2) is 8.42 Å². The number of rotatable bonds is 2.